The lowest BCUT2D eigenvalue weighted by atomic mass is 9.83. The molecule has 0 aromatic rings. The highest BCUT2D eigenvalue weighted by atomic mass is 16.5. The molecule has 0 aromatic carbocycles. The number of carbonyl (C=O) groups is 3. The van der Waals surface area contributed by atoms with Crippen molar-refractivity contribution in [1.29, 1.82) is 0 Å². The van der Waals surface area contributed by atoms with Crippen molar-refractivity contribution in [2.75, 3.05) is 20.2 Å². The molecule has 0 bridgehead atoms. The smallest absolute Gasteiger partial charge is 0.290 e. The van der Waals surface area contributed by atoms with E-state index in [0.29, 0.717) is 0 Å². The highest BCUT2D eigenvalue weighted by Gasteiger charge is 2.36. The molecular weight excluding hydrogens is 288 g/mol. The fourth-order valence-corrected chi connectivity index (χ4v) is 3.24. The molecule has 2 N–H and O–H groups in total. The molecule has 0 unspecified atom stereocenters. The van der Waals surface area contributed by atoms with E-state index in [1.165, 1.54) is 6.92 Å². The summed E-state index contributed by atoms with van der Waals surface area (Å²) in [4.78, 5) is 33.9. The van der Waals surface area contributed by atoms with Crippen LogP contribution in [0.5, 0.6) is 0 Å². The second-order valence-corrected chi connectivity index (χ2v) is 5.73. The molecule has 7 heteroatoms. The Morgan fingerprint density at radius 1 is 1.27 bits per heavy atom. The molecular formula is C15H26N2O5. The standard InChI is InChI=1S/C14H24N2O3.CH2O2/c1-10(17)15-12-6-5-11(9-13(12)19-2)14(18)16-7-3-4-8-16;2-1-3/h11-13H,3-9H2,1-2H3,(H,15,17);1H,(H,2,3)/t11-,12-,13-;/m0./s1. The normalized spacial score (nSPS) is 27.5. The van der Waals surface area contributed by atoms with Crippen molar-refractivity contribution in [3.8, 4) is 0 Å². The van der Waals surface area contributed by atoms with Gasteiger partial charge in [0, 0.05) is 33.0 Å². The molecule has 22 heavy (non-hydrogen) atoms. The van der Waals surface area contributed by atoms with Crippen LogP contribution in [0.25, 0.3) is 0 Å². The zero-order valence-electron chi connectivity index (χ0n) is 13.3. The van der Waals surface area contributed by atoms with Crippen molar-refractivity contribution >= 4 is 18.3 Å². The van der Waals surface area contributed by atoms with Crippen molar-refractivity contribution in [3.63, 3.8) is 0 Å². The van der Waals surface area contributed by atoms with Crippen molar-refractivity contribution in [1.82, 2.24) is 10.2 Å². The van der Waals surface area contributed by atoms with Gasteiger partial charge in [0.1, 0.15) is 0 Å². The van der Waals surface area contributed by atoms with Crippen LogP contribution in [0.15, 0.2) is 0 Å². The highest BCUT2D eigenvalue weighted by Crippen LogP contribution is 2.29. The Morgan fingerprint density at radius 2 is 1.86 bits per heavy atom. The number of hydrogen-bond acceptors (Lipinski definition) is 4. The highest BCUT2D eigenvalue weighted by molar-refractivity contribution is 5.79. The second-order valence-electron chi connectivity index (χ2n) is 5.73. The maximum absolute atomic E-state index is 12.4. The predicted molar refractivity (Wildman–Crippen MR) is 80.2 cm³/mol. The zero-order valence-corrected chi connectivity index (χ0v) is 13.3. The van der Waals surface area contributed by atoms with E-state index in [-0.39, 0.29) is 36.4 Å². The number of nitrogens with zero attached hydrogens (tertiary/aromatic N) is 1. The van der Waals surface area contributed by atoms with Gasteiger partial charge >= 0.3 is 0 Å². The Morgan fingerprint density at radius 3 is 2.36 bits per heavy atom. The van der Waals surface area contributed by atoms with Crippen LogP contribution in [-0.2, 0) is 19.1 Å². The van der Waals surface area contributed by atoms with Crippen LogP contribution in [0, 0.1) is 5.92 Å². The van der Waals surface area contributed by atoms with E-state index in [9.17, 15) is 9.59 Å². The maximum Gasteiger partial charge on any atom is 0.290 e. The van der Waals surface area contributed by atoms with Gasteiger partial charge in [0.15, 0.2) is 0 Å². The first-order valence-corrected chi connectivity index (χ1v) is 7.70. The van der Waals surface area contributed by atoms with Crippen LogP contribution in [0.2, 0.25) is 0 Å². The summed E-state index contributed by atoms with van der Waals surface area (Å²) in [6.07, 6.45) is 4.59. The Bertz CT molecular complexity index is 382. The van der Waals surface area contributed by atoms with Gasteiger partial charge in [-0.25, -0.2) is 0 Å². The first kappa shape index (κ1) is 18.4. The summed E-state index contributed by atoms with van der Waals surface area (Å²) >= 11 is 0. The molecule has 1 saturated carbocycles. The third-order valence-electron chi connectivity index (χ3n) is 4.25. The number of likely N-dealkylation sites (tertiary alicyclic amines) is 1. The van der Waals surface area contributed by atoms with E-state index in [0.717, 1.165) is 45.2 Å². The van der Waals surface area contributed by atoms with Crippen LogP contribution in [-0.4, -0.2) is 60.6 Å². The molecule has 0 radical (unpaired) electrons. The number of carboxylic acid groups (broad SMARTS) is 1. The summed E-state index contributed by atoms with van der Waals surface area (Å²) in [5.41, 5.74) is 0. The summed E-state index contributed by atoms with van der Waals surface area (Å²) < 4.78 is 5.46. The molecule has 7 nitrogen and oxygen atoms in total. The van der Waals surface area contributed by atoms with Crippen LogP contribution >= 0.6 is 0 Å². The van der Waals surface area contributed by atoms with Crippen LogP contribution in [0.4, 0.5) is 0 Å². The number of nitrogens with one attached hydrogen (secondary N) is 1. The van der Waals surface area contributed by atoms with Gasteiger partial charge in [0.25, 0.3) is 6.47 Å². The molecule has 2 amide bonds. The quantitative estimate of drug-likeness (QED) is 0.745. The first-order valence-electron chi connectivity index (χ1n) is 7.70. The van der Waals surface area contributed by atoms with Crippen molar-refractivity contribution < 1.29 is 24.2 Å². The molecule has 2 fully saturated rings. The molecule has 1 saturated heterocycles. The van der Waals surface area contributed by atoms with Gasteiger partial charge in [-0.1, -0.05) is 0 Å². The van der Waals surface area contributed by atoms with Crippen LogP contribution in [0.1, 0.15) is 39.0 Å². The Hall–Kier alpha value is -1.63. The summed E-state index contributed by atoms with van der Waals surface area (Å²) in [6, 6.07) is 0.0464. The molecule has 0 spiro atoms. The summed E-state index contributed by atoms with van der Waals surface area (Å²) in [5, 5.41) is 9.81. The number of methoxy groups -OCH3 is 1. The van der Waals surface area contributed by atoms with Crippen molar-refractivity contribution in [2.24, 2.45) is 5.92 Å². The number of amides is 2. The first-order chi connectivity index (χ1) is 10.5. The molecule has 126 valence electrons. The number of hydrogen-bond donors (Lipinski definition) is 2. The number of ether oxygens (including phenoxy) is 1. The number of rotatable bonds is 3. The average molecular weight is 314 g/mol. The van der Waals surface area contributed by atoms with E-state index in [1.54, 1.807) is 7.11 Å². The van der Waals surface area contributed by atoms with Gasteiger partial charge in [0.05, 0.1) is 12.1 Å². The van der Waals surface area contributed by atoms with Gasteiger partial charge in [-0.3, -0.25) is 14.4 Å². The molecule has 3 atom stereocenters. The minimum Gasteiger partial charge on any atom is -0.483 e. The predicted octanol–water partition coefficient (Wildman–Crippen LogP) is 0.629. The van der Waals surface area contributed by atoms with Gasteiger partial charge < -0.3 is 20.1 Å². The lowest BCUT2D eigenvalue weighted by Gasteiger charge is -2.36. The van der Waals surface area contributed by atoms with Crippen LogP contribution in [0.3, 0.4) is 0 Å². The average Bonchev–Trinajstić information content (AvgIpc) is 3.01. The van der Waals surface area contributed by atoms with E-state index >= 15 is 0 Å². The lowest BCUT2D eigenvalue weighted by molar-refractivity contribution is -0.137. The molecule has 0 aromatic heterocycles. The SMILES string of the molecule is CO[C@H]1C[C@@H](C(=O)N2CCCC2)CC[C@@H]1NC(C)=O.O=CO. The van der Waals surface area contributed by atoms with Gasteiger partial charge in [-0.05, 0) is 32.1 Å². The van der Waals surface area contributed by atoms with Crippen molar-refractivity contribution in [2.45, 2.75) is 51.2 Å². The molecule has 1 heterocycles. The second kappa shape index (κ2) is 9.40. The summed E-state index contributed by atoms with van der Waals surface area (Å²) in [7, 11) is 1.65. The van der Waals surface area contributed by atoms with E-state index in [1.807, 2.05) is 4.90 Å². The monoisotopic (exact) mass is 314 g/mol. The number of carbonyl (C=O) groups excluding carboxylic acids is 2. The van der Waals surface area contributed by atoms with E-state index in [2.05, 4.69) is 5.32 Å². The van der Waals surface area contributed by atoms with Gasteiger partial charge in [-0.2, -0.15) is 0 Å². The minimum atomic E-state index is -0.250. The zero-order chi connectivity index (χ0) is 16.5. The Balaban J connectivity index is 0.000000745. The minimum absolute atomic E-state index is 0.0311. The molecule has 1 aliphatic heterocycles. The topological polar surface area (TPSA) is 95.9 Å². The Labute approximate surface area is 131 Å². The van der Waals surface area contributed by atoms with Gasteiger partial charge in [-0.15, -0.1) is 0 Å². The van der Waals surface area contributed by atoms with E-state index in [4.69, 9.17) is 14.6 Å². The lowest BCUT2D eigenvalue weighted by Crippen LogP contribution is -2.49. The third-order valence-corrected chi connectivity index (χ3v) is 4.25. The third kappa shape index (κ3) is 5.29. The fourth-order valence-electron chi connectivity index (χ4n) is 3.24. The largest absolute Gasteiger partial charge is 0.483 e. The molecule has 1 aliphatic carbocycles. The van der Waals surface area contributed by atoms with Gasteiger partial charge in [0.2, 0.25) is 11.8 Å². The Kier molecular flexibility index (Phi) is 7.87. The van der Waals surface area contributed by atoms with Crippen molar-refractivity contribution in [3.05, 3.63) is 0 Å². The summed E-state index contributed by atoms with van der Waals surface area (Å²) in [5.74, 6) is 0.310. The van der Waals surface area contributed by atoms with Crippen LogP contribution < -0.4 is 5.32 Å². The molecule has 2 rings (SSSR count). The fraction of sp³-hybridized carbons (Fsp3) is 0.800. The molecule has 2 aliphatic rings. The summed E-state index contributed by atoms with van der Waals surface area (Å²) in [6.45, 7) is 3.08. The van der Waals surface area contributed by atoms with E-state index < -0.39 is 0 Å². The maximum atomic E-state index is 12.4.